The maximum atomic E-state index is 12.0. The summed E-state index contributed by atoms with van der Waals surface area (Å²) in [4.78, 5) is 23.6. The van der Waals surface area contributed by atoms with Crippen LogP contribution in [0.3, 0.4) is 0 Å². The second-order valence-corrected chi connectivity index (χ2v) is 6.13. The molecule has 0 bridgehead atoms. The first-order valence-electron chi connectivity index (χ1n) is 8.41. The fourth-order valence-corrected chi connectivity index (χ4v) is 2.27. The molecule has 1 rings (SSSR count). The Kier molecular flexibility index (Phi) is 8.48. The van der Waals surface area contributed by atoms with E-state index in [2.05, 4.69) is 24.3 Å². The van der Waals surface area contributed by atoms with E-state index < -0.39 is 0 Å². The molecule has 22 heavy (non-hydrogen) atoms. The van der Waals surface area contributed by atoms with Gasteiger partial charge in [0.05, 0.1) is 0 Å². The maximum absolute atomic E-state index is 12.0. The summed E-state index contributed by atoms with van der Waals surface area (Å²) in [6.45, 7) is 7.65. The Morgan fingerprint density at radius 1 is 1.23 bits per heavy atom. The van der Waals surface area contributed by atoms with Gasteiger partial charge in [-0.1, -0.05) is 46.5 Å². The molecule has 5 nitrogen and oxygen atoms in total. The van der Waals surface area contributed by atoms with Crippen LogP contribution in [0.2, 0.25) is 0 Å². The summed E-state index contributed by atoms with van der Waals surface area (Å²) in [5, 5.41) is 6.97. The van der Waals surface area contributed by atoms with E-state index in [4.69, 9.17) is 0 Å². The monoisotopic (exact) mass is 307 g/mol. The van der Waals surface area contributed by atoms with E-state index in [0.29, 0.717) is 18.8 Å². The number of amides is 1. The van der Waals surface area contributed by atoms with Gasteiger partial charge >= 0.3 is 0 Å². The first-order chi connectivity index (χ1) is 10.5. The number of aryl methyl sites for hydroxylation is 1. The molecule has 0 aliphatic carbocycles. The molecular weight excluding hydrogens is 278 g/mol. The van der Waals surface area contributed by atoms with Crippen molar-refractivity contribution in [1.29, 1.82) is 0 Å². The molecule has 5 heteroatoms. The van der Waals surface area contributed by atoms with Crippen molar-refractivity contribution in [2.45, 2.75) is 65.8 Å². The van der Waals surface area contributed by atoms with Crippen molar-refractivity contribution in [1.82, 2.24) is 15.1 Å². The highest BCUT2D eigenvalue weighted by atomic mass is 16.2. The van der Waals surface area contributed by atoms with E-state index in [-0.39, 0.29) is 11.5 Å². The summed E-state index contributed by atoms with van der Waals surface area (Å²) in [5.41, 5.74) is 0.149. The second-order valence-electron chi connectivity index (χ2n) is 6.13. The Bertz CT molecular complexity index is 509. The largest absolute Gasteiger partial charge is 0.351 e. The summed E-state index contributed by atoms with van der Waals surface area (Å²) in [6.07, 6.45) is 6.68. The number of nitrogens with zero attached hydrogens (tertiary/aromatic N) is 2. The molecule has 1 aromatic heterocycles. The Labute approximate surface area is 133 Å². The normalized spacial score (nSPS) is 10.9. The Morgan fingerprint density at radius 3 is 2.64 bits per heavy atom. The number of carbonyl (C=O) groups is 1. The van der Waals surface area contributed by atoms with Crippen LogP contribution in [0.5, 0.6) is 0 Å². The third-order valence-electron chi connectivity index (χ3n) is 3.53. The SMILES string of the molecule is CCCn1nc(C(=O)NCCCCCCC(C)C)ccc1=O. The second kappa shape index (κ2) is 10.1. The Morgan fingerprint density at radius 2 is 1.95 bits per heavy atom. The van der Waals surface area contributed by atoms with E-state index in [9.17, 15) is 9.59 Å². The van der Waals surface area contributed by atoms with Crippen molar-refractivity contribution >= 4 is 5.91 Å². The molecule has 0 saturated carbocycles. The zero-order valence-corrected chi connectivity index (χ0v) is 14.1. The standard InChI is InChI=1S/C17H29N3O2/c1-4-13-20-16(21)11-10-15(19-20)17(22)18-12-8-6-5-7-9-14(2)3/h10-11,14H,4-9,12-13H2,1-3H3,(H,18,22). The molecule has 0 aromatic carbocycles. The summed E-state index contributed by atoms with van der Waals surface area (Å²) in [5.74, 6) is 0.566. The van der Waals surface area contributed by atoms with Gasteiger partial charge in [0.25, 0.3) is 11.5 Å². The lowest BCUT2D eigenvalue weighted by Gasteiger charge is -2.07. The minimum absolute atomic E-state index is 0.163. The summed E-state index contributed by atoms with van der Waals surface area (Å²) < 4.78 is 1.35. The molecule has 0 unspecified atom stereocenters. The van der Waals surface area contributed by atoms with E-state index in [1.54, 1.807) is 0 Å². The average molecular weight is 307 g/mol. The number of hydrogen-bond acceptors (Lipinski definition) is 3. The predicted octanol–water partition coefficient (Wildman–Crippen LogP) is 2.99. The molecule has 0 spiro atoms. The smallest absolute Gasteiger partial charge is 0.271 e. The molecule has 0 fully saturated rings. The number of rotatable bonds is 10. The maximum Gasteiger partial charge on any atom is 0.271 e. The fraction of sp³-hybridized carbons (Fsp3) is 0.706. The third-order valence-corrected chi connectivity index (χ3v) is 3.53. The van der Waals surface area contributed by atoms with Crippen molar-refractivity contribution in [3.05, 3.63) is 28.2 Å². The van der Waals surface area contributed by atoms with Crippen LogP contribution in [-0.2, 0) is 6.54 Å². The summed E-state index contributed by atoms with van der Waals surface area (Å²) >= 11 is 0. The van der Waals surface area contributed by atoms with Crippen LogP contribution in [-0.4, -0.2) is 22.2 Å². The van der Waals surface area contributed by atoms with Crippen LogP contribution in [0.4, 0.5) is 0 Å². The minimum Gasteiger partial charge on any atom is -0.351 e. The van der Waals surface area contributed by atoms with Gasteiger partial charge in [0.1, 0.15) is 5.69 Å². The molecule has 1 aromatic rings. The van der Waals surface area contributed by atoms with Crippen molar-refractivity contribution in [3.63, 3.8) is 0 Å². The molecule has 0 radical (unpaired) electrons. The molecule has 1 amide bonds. The molecule has 0 aliphatic heterocycles. The van der Waals surface area contributed by atoms with Gasteiger partial charge in [-0.3, -0.25) is 9.59 Å². The van der Waals surface area contributed by atoms with Crippen LogP contribution in [0.15, 0.2) is 16.9 Å². The molecule has 0 atom stereocenters. The van der Waals surface area contributed by atoms with Crippen LogP contribution in [0.25, 0.3) is 0 Å². The molecule has 124 valence electrons. The van der Waals surface area contributed by atoms with Gasteiger partial charge in [0.15, 0.2) is 0 Å². The number of unbranched alkanes of at least 4 members (excludes halogenated alkanes) is 3. The average Bonchev–Trinajstić information content (AvgIpc) is 2.48. The van der Waals surface area contributed by atoms with Crippen LogP contribution in [0, 0.1) is 5.92 Å². The van der Waals surface area contributed by atoms with E-state index in [1.807, 2.05) is 6.92 Å². The van der Waals surface area contributed by atoms with Crippen molar-refractivity contribution < 1.29 is 4.79 Å². The van der Waals surface area contributed by atoms with Gasteiger partial charge in [0, 0.05) is 19.2 Å². The van der Waals surface area contributed by atoms with Gasteiger partial charge in [-0.05, 0) is 24.8 Å². The minimum atomic E-state index is -0.202. The van der Waals surface area contributed by atoms with Gasteiger partial charge in [-0.25, -0.2) is 4.68 Å². The highest BCUT2D eigenvalue weighted by Crippen LogP contribution is 2.08. The summed E-state index contributed by atoms with van der Waals surface area (Å²) in [7, 11) is 0. The third kappa shape index (κ3) is 6.87. The van der Waals surface area contributed by atoms with Gasteiger partial charge in [-0.15, -0.1) is 0 Å². The zero-order valence-electron chi connectivity index (χ0n) is 14.1. The molecular formula is C17H29N3O2. The predicted molar refractivity (Wildman–Crippen MR) is 89.0 cm³/mol. The zero-order chi connectivity index (χ0) is 16.4. The van der Waals surface area contributed by atoms with Gasteiger partial charge < -0.3 is 5.32 Å². The number of carbonyl (C=O) groups excluding carboxylic acids is 1. The molecule has 0 saturated heterocycles. The highest BCUT2D eigenvalue weighted by molar-refractivity contribution is 5.91. The number of nitrogens with one attached hydrogen (secondary N) is 1. The Hall–Kier alpha value is -1.65. The van der Waals surface area contributed by atoms with E-state index >= 15 is 0 Å². The van der Waals surface area contributed by atoms with Crippen LogP contribution < -0.4 is 10.9 Å². The first-order valence-corrected chi connectivity index (χ1v) is 8.41. The molecule has 1 heterocycles. The van der Waals surface area contributed by atoms with Crippen LogP contribution >= 0.6 is 0 Å². The lowest BCUT2D eigenvalue weighted by molar-refractivity contribution is 0.0945. The highest BCUT2D eigenvalue weighted by Gasteiger charge is 2.08. The van der Waals surface area contributed by atoms with Crippen LogP contribution in [0.1, 0.15) is 69.8 Å². The molecule has 1 N–H and O–H groups in total. The van der Waals surface area contributed by atoms with Crippen molar-refractivity contribution in [2.24, 2.45) is 5.92 Å². The fourth-order valence-electron chi connectivity index (χ4n) is 2.27. The molecule has 0 aliphatic rings. The van der Waals surface area contributed by atoms with E-state index in [1.165, 1.54) is 36.1 Å². The lowest BCUT2D eigenvalue weighted by Crippen LogP contribution is -2.30. The number of aromatic nitrogens is 2. The van der Waals surface area contributed by atoms with E-state index in [0.717, 1.165) is 25.2 Å². The lowest BCUT2D eigenvalue weighted by atomic mass is 10.0. The van der Waals surface area contributed by atoms with Gasteiger partial charge in [0.2, 0.25) is 0 Å². The first kappa shape index (κ1) is 18.4. The topological polar surface area (TPSA) is 64.0 Å². The van der Waals surface area contributed by atoms with Crippen molar-refractivity contribution in [3.8, 4) is 0 Å². The quantitative estimate of drug-likeness (QED) is 0.676. The summed E-state index contributed by atoms with van der Waals surface area (Å²) in [6, 6.07) is 2.90. The van der Waals surface area contributed by atoms with Gasteiger partial charge in [-0.2, -0.15) is 5.10 Å². The number of hydrogen-bond donors (Lipinski definition) is 1. The Balaban J connectivity index is 2.31. The van der Waals surface area contributed by atoms with Crippen molar-refractivity contribution in [2.75, 3.05) is 6.54 Å².